The lowest BCUT2D eigenvalue weighted by Crippen LogP contribution is -2.59. The average molecular weight is 278 g/mol. The van der Waals surface area contributed by atoms with Crippen LogP contribution in [0.15, 0.2) is 12.7 Å². The quantitative estimate of drug-likeness (QED) is 0.239. The maximum absolute atomic E-state index is 10.7. The number of hydrogen-bond donors (Lipinski definition) is 4. The topological polar surface area (TPSA) is 126 Å². The lowest BCUT2D eigenvalue weighted by atomic mass is 9.99. The minimum absolute atomic E-state index is 0.0811. The third kappa shape index (κ3) is 4.23. The van der Waals surface area contributed by atoms with Crippen LogP contribution in [0.3, 0.4) is 0 Å². The van der Waals surface area contributed by atoms with Gasteiger partial charge in [-0.2, -0.15) is 0 Å². The summed E-state index contributed by atoms with van der Waals surface area (Å²) in [6, 6.07) is 0. The molecule has 5 atom stereocenters. The number of aliphatic hydroxyl groups is 4. The first-order chi connectivity index (χ1) is 9.01. The van der Waals surface area contributed by atoms with Crippen LogP contribution in [0.5, 0.6) is 0 Å². The first-order valence-corrected chi connectivity index (χ1v) is 5.72. The molecule has 1 aliphatic rings. The van der Waals surface area contributed by atoms with Crippen LogP contribution in [0, 0.1) is 0 Å². The summed E-state index contributed by atoms with van der Waals surface area (Å²) >= 11 is 0. The Morgan fingerprint density at radius 1 is 1.21 bits per heavy atom. The fraction of sp³-hybridized carbons (Fsp3) is 0.727. The number of hydrogen-bond acceptors (Lipinski definition) is 8. The third-order valence-electron chi connectivity index (χ3n) is 2.62. The van der Waals surface area contributed by atoms with Gasteiger partial charge in [0.25, 0.3) is 0 Å². The fourth-order valence-electron chi connectivity index (χ4n) is 1.57. The zero-order valence-corrected chi connectivity index (χ0v) is 10.2. The van der Waals surface area contributed by atoms with Crippen LogP contribution in [0.2, 0.25) is 0 Å². The Morgan fingerprint density at radius 3 is 2.47 bits per heavy atom. The molecule has 1 heterocycles. The molecule has 1 rings (SSSR count). The number of ether oxygens (including phenoxy) is 3. The van der Waals surface area contributed by atoms with Crippen molar-refractivity contribution in [2.24, 2.45) is 0 Å². The number of carbonyl (C=O) groups excluding carboxylic acids is 1. The predicted molar refractivity (Wildman–Crippen MR) is 60.9 cm³/mol. The van der Waals surface area contributed by atoms with Crippen LogP contribution < -0.4 is 0 Å². The number of esters is 1. The summed E-state index contributed by atoms with van der Waals surface area (Å²) in [5, 5.41) is 37.6. The number of carbonyl (C=O) groups is 1. The molecule has 4 N–H and O–H groups in total. The van der Waals surface area contributed by atoms with Crippen LogP contribution >= 0.6 is 0 Å². The lowest BCUT2D eigenvalue weighted by Gasteiger charge is -2.39. The summed E-state index contributed by atoms with van der Waals surface area (Å²) in [6.45, 7) is 2.52. The standard InChI is InChI=1S/C11H18O8/c1-2-7(13)17-3-4-18-11-10(16)9(15)8(14)6(5-12)19-11/h2,6,8-12,14-16H,1,3-5H2/t6-,8-,9+,10+,11+/m1/s1. The van der Waals surface area contributed by atoms with Gasteiger partial charge in [0.2, 0.25) is 0 Å². The molecule has 0 radical (unpaired) electrons. The van der Waals surface area contributed by atoms with Crippen molar-refractivity contribution in [3.05, 3.63) is 12.7 Å². The van der Waals surface area contributed by atoms with Crippen molar-refractivity contribution in [1.82, 2.24) is 0 Å². The van der Waals surface area contributed by atoms with E-state index in [-0.39, 0.29) is 13.2 Å². The molecule has 19 heavy (non-hydrogen) atoms. The Bertz CT molecular complexity index is 305. The van der Waals surface area contributed by atoms with E-state index in [1.165, 1.54) is 0 Å². The van der Waals surface area contributed by atoms with Gasteiger partial charge in [-0.15, -0.1) is 0 Å². The van der Waals surface area contributed by atoms with Gasteiger partial charge in [0.1, 0.15) is 31.0 Å². The van der Waals surface area contributed by atoms with Crippen LogP contribution in [-0.4, -0.2) is 76.9 Å². The highest BCUT2D eigenvalue weighted by molar-refractivity contribution is 5.81. The predicted octanol–water partition coefficient (Wildman–Crippen LogP) is -2.47. The fourth-order valence-corrected chi connectivity index (χ4v) is 1.57. The van der Waals surface area contributed by atoms with E-state index in [4.69, 9.17) is 14.6 Å². The first-order valence-electron chi connectivity index (χ1n) is 5.72. The van der Waals surface area contributed by atoms with Gasteiger partial charge in [-0.1, -0.05) is 6.58 Å². The minimum Gasteiger partial charge on any atom is -0.460 e. The van der Waals surface area contributed by atoms with Crippen molar-refractivity contribution >= 4 is 5.97 Å². The second-order valence-electron chi connectivity index (χ2n) is 3.94. The monoisotopic (exact) mass is 278 g/mol. The molecule has 1 fully saturated rings. The van der Waals surface area contributed by atoms with Gasteiger partial charge in [-0.05, 0) is 0 Å². The molecular formula is C11H18O8. The van der Waals surface area contributed by atoms with E-state index in [1.54, 1.807) is 0 Å². The Kier molecular flexibility index (Phi) is 6.35. The molecule has 0 aromatic rings. The molecule has 8 heteroatoms. The van der Waals surface area contributed by atoms with E-state index in [1.807, 2.05) is 0 Å². The van der Waals surface area contributed by atoms with E-state index < -0.39 is 43.3 Å². The largest absolute Gasteiger partial charge is 0.460 e. The van der Waals surface area contributed by atoms with Crippen molar-refractivity contribution in [3.63, 3.8) is 0 Å². The van der Waals surface area contributed by atoms with Gasteiger partial charge in [0, 0.05) is 6.08 Å². The van der Waals surface area contributed by atoms with E-state index in [0.717, 1.165) is 6.08 Å². The Morgan fingerprint density at radius 2 is 1.89 bits per heavy atom. The van der Waals surface area contributed by atoms with Crippen molar-refractivity contribution in [2.45, 2.75) is 30.7 Å². The average Bonchev–Trinajstić information content (AvgIpc) is 2.42. The van der Waals surface area contributed by atoms with Gasteiger partial charge in [-0.3, -0.25) is 0 Å². The van der Waals surface area contributed by atoms with Crippen molar-refractivity contribution in [2.75, 3.05) is 19.8 Å². The van der Waals surface area contributed by atoms with Crippen LogP contribution in [0.4, 0.5) is 0 Å². The molecule has 1 aliphatic heterocycles. The normalized spacial score (nSPS) is 34.8. The minimum atomic E-state index is -1.49. The summed E-state index contributed by atoms with van der Waals surface area (Å²) in [5.74, 6) is -0.614. The zero-order valence-electron chi connectivity index (χ0n) is 10.2. The molecule has 0 aromatic heterocycles. The number of aliphatic hydroxyl groups excluding tert-OH is 4. The van der Waals surface area contributed by atoms with Crippen LogP contribution in [0.1, 0.15) is 0 Å². The van der Waals surface area contributed by atoms with Crippen molar-refractivity contribution in [1.29, 1.82) is 0 Å². The molecular weight excluding hydrogens is 260 g/mol. The summed E-state index contributed by atoms with van der Waals surface area (Å²) in [4.78, 5) is 10.7. The van der Waals surface area contributed by atoms with Gasteiger partial charge in [-0.25, -0.2) is 4.79 Å². The van der Waals surface area contributed by atoms with E-state index in [2.05, 4.69) is 11.3 Å². The zero-order chi connectivity index (χ0) is 14.4. The molecule has 0 aromatic carbocycles. The molecule has 0 amide bonds. The molecule has 110 valence electrons. The molecule has 8 nitrogen and oxygen atoms in total. The highest BCUT2D eigenvalue weighted by Gasteiger charge is 2.43. The highest BCUT2D eigenvalue weighted by Crippen LogP contribution is 2.21. The maximum atomic E-state index is 10.7. The summed E-state index contributed by atoms with van der Waals surface area (Å²) in [6.07, 6.45) is -5.65. The van der Waals surface area contributed by atoms with Gasteiger partial charge in [0.05, 0.1) is 13.2 Å². The second kappa shape index (κ2) is 7.53. The van der Waals surface area contributed by atoms with E-state index in [0.29, 0.717) is 0 Å². The van der Waals surface area contributed by atoms with E-state index >= 15 is 0 Å². The number of rotatable bonds is 6. The Labute approximate surface area is 109 Å². The smallest absolute Gasteiger partial charge is 0.330 e. The van der Waals surface area contributed by atoms with Gasteiger partial charge in [0.15, 0.2) is 6.29 Å². The van der Waals surface area contributed by atoms with Crippen molar-refractivity contribution in [3.8, 4) is 0 Å². The van der Waals surface area contributed by atoms with Crippen LogP contribution in [0.25, 0.3) is 0 Å². The third-order valence-corrected chi connectivity index (χ3v) is 2.62. The Hall–Kier alpha value is -1.03. The van der Waals surface area contributed by atoms with Crippen LogP contribution in [-0.2, 0) is 19.0 Å². The lowest BCUT2D eigenvalue weighted by molar-refractivity contribution is -0.302. The van der Waals surface area contributed by atoms with Gasteiger partial charge < -0.3 is 34.6 Å². The Balaban J connectivity index is 2.39. The van der Waals surface area contributed by atoms with E-state index in [9.17, 15) is 20.1 Å². The molecule has 0 saturated carbocycles. The van der Waals surface area contributed by atoms with Crippen molar-refractivity contribution < 1.29 is 39.4 Å². The summed E-state index contributed by atoms with van der Waals surface area (Å²) in [7, 11) is 0. The molecule has 0 spiro atoms. The molecule has 0 aliphatic carbocycles. The highest BCUT2D eigenvalue weighted by atomic mass is 16.7. The summed E-state index contributed by atoms with van der Waals surface area (Å²) < 4.78 is 14.8. The first kappa shape index (κ1) is 16.0. The molecule has 0 unspecified atom stereocenters. The molecule has 0 bridgehead atoms. The SMILES string of the molecule is C=CC(=O)OCCO[C@H]1O[C@H](CO)[C@@H](O)[C@H](O)[C@@H]1O. The van der Waals surface area contributed by atoms with Gasteiger partial charge >= 0.3 is 5.97 Å². The summed E-state index contributed by atoms with van der Waals surface area (Å²) in [5.41, 5.74) is 0. The molecule has 1 saturated heterocycles. The maximum Gasteiger partial charge on any atom is 0.330 e. The second-order valence-corrected chi connectivity index (χ2v) is 3.94.